The van der Waals surface area contributed by atoms with Gasteiger partial charge in [-0.15, -0.1) is 0 Å². The highest BCUT2D eigenvalue weighted by Gasteiger charge is 2.43. The van der Waals surface area contributed by atoms with Crippen LogP contribution in [0, 0.1) is 11.6 Å². The summed E-state index contributed by atoms with van der Waals surface area (Å²) < 4.78 is 31.2. The van der Waals surface area contributed by atoms with Crippen LogP contribution in [0.1, 0.15) is 12.0 Å². The molecule has 1 saturated heterocycles. The van der Waals surface area contributed by atoms with Crippen molar-refractivity contribution in [3.05, 3.63) is 35.4 Å². The quantitative estimate of drug-likeness (QED) is 0.845. The van der Waals surface area contributed by atoms with Crippen LogP contribution in [0.5, 0.6) is 0 Å². The maximum absolute atomic E-state index is 13.2. The minimum Gasteiger partial charge on any atom is -0.480 e. The summed E-state index contributed by atoms with van der Waals surface area (Å²) in [7, 11) is 0. The van der Waals surface area contributed by atoms with Crippen LogP contribution in [0.4, 0.5) is 8.78 Å². The van der Waals surface area contributed by atoms with Gasteiger partial charge < -0.3 is 15.6 Å². The second-order valence-electron chi connectivity index (χ2n) is 4.55. The highest BCUT2D eigenvalue weighted by molar-refractivity contribution is 5.73. The molecule has 0 radical (unpaired) electrons. The van der Waals surface area contributed by atoms with Gasteiger partial charge in [-0.1, -0.05) is 6.07 Å². The fourth-order valence-electron chi connectivity index (χ4n) is 2.09. The number of hydrogen-bond acceptors (Lipinski definition) is 3. The van der Waals surface area contributed by atoms with Crippen molar-refractivity contribution in [1.82, 2.24) is 0 Å². The molecular formula is C12H13F2NO3. The third kappa shape index (κ3) is 2.21. The molecule has 3 N–H and O–H groups in total. The van der Waals surface area contributed by atoms with Gasteiger partial charge in [-0.2, -0.15) is 0 Å². The first-order chi connectivity index (χ1) is 8.44. The Hall–Kier alpha value is -1.53. The first-order valence-corrected chi connectivity index (χ1v) is 5.46. The van der Waals surface area contributed by atoms with Crippen molar-refractivity contribution in [1.29, 1.82) is 0 Å². The molecular weight excluding hydrogens is 244 g/mol. The normalized spacial score (nSPS) is 19.1. The zero-order chi connectivity index (χ0) is 13.3. The highest BCUT2D eigenvalue weighted by atomic mass is 19.2. The summed E-state index contributed by atoms with van der Waals surface area (Å²) in [5, 5.41) is 8.81. The minimum absolute atomic E-state index is 0.132. The summed E-state index contributed by atoms with van der Waals surface area (Å²) in [6.07, 6.45) is 0.132. The largest absolute Gasteiger partial charge is 0.480 e. The van der Waals surface area contributed by atoms with E-state index in [1.165, 1.54) is 6.07 Å². The smallest absolute Gasteiger partial charge is 0.320 e. The monoisotopic (exact) mass is 257 g/mol. The third-order valence-electron chi connectivity index (χ3n) is 3.22. The van der Waals surface area contributed by atoms with Crippen molar-refractivity contribution in [2.45, 2.75) is 17.9 Å². The SMILES string of the molecule is NC(CC1(c2ccc(F)c(F)c2)COC1)C(=O)O. The Morgan fingerprint density at radius 3 is 2.56 bits per heavy atom. The molecule has 1 fully saturated rings. The van der Waals surface area contributed by atoms with Gasteiger partial charge in [0.1, 0.15) is 6.04 Å². The van der Waals surface area contributed by atoms with E-state index in [2.05, 4.69) is 0 Å². The van der Waals surface area contributed by atoms with E-state index in [1.807, 2.05) is 0 Å². The second-order valence-corrected chi connectivity index (χ2v) is 4.55. The number of halogens is 2. The average Bonchev–Trinajstić information content (AvgIpc) is 2.27. The standard InChI is InChI=1S/C12H13F2NO3/c13-8-2-1-7(3-9(8)14)12(5-18-6-12)4-10(15)11(16)17/h1-3,10H,4-6,15H2,(H,16,17). The molecule has 2 rings (SSSR count). The lowest BCUT2D eigenvalue weighted by molar-refractivity contribution is -0.141. The number of nitrogens with two attached hydrogens (primary N) is 1. The van der Waals surface area contributed by atoms with Crippen molar-refractivity contribution < 1.29 is 23.4 Å². The molecule has 1 atom stereocenters. The van der Waals surface area contributed by atoms with E-state index in [9.17, 15) is 13.6 Å². The maximum Gasteiger partial charge on any atom is 0.320 e. The van der Waals surface area contributed by atoms with E-state index in [0.717, 1.165) is 12.1 Å². The summed E-state index contributed by atoms with van der Waals surface area (Å²) in [4.78, 5) is 10.8. The van der Waals surface area contributed by atoms with Crippen LogP contribution < -0.4 is 5.73 Å². The van der Waals surface area contributed by atoms with Crippen LogP contribution in [-0.2, 0) is 14.9 Å². The van der Waals surface area contributed by atoms with Crippen molar-refractivity contribution in [2.75, 3.05) is 13.2 Å². The number of carbonyl (C=O) groups is 1. The Labute approximate surface area is 102 Å². The minimum atomic E-state index is -1.12. The Morgan fingerprint density at radius 2 is 2.11 bits per heavy atom. The van der Waals surface area contributed by atoms with Crippen molar-refractivity contribution in [3.63, 3.8) is 0 Å². The van der Waals surface area contributed by atoms with Gasteiger partial charge in [0.2, 0.25) is 0 Å². The van der Waals surface area contributed by atoms with Gasteiger partial charge in [-0.25, -0.2) is 8.78 Å². The van der Waals surface area contributed by atoms with Gasteiger partial charge >= 0.3 is 5.97 Å². The Morgan fingerprint density at radius 1 is 1.44 bits per heavy atom. The molecule has 1 heterocycles. The highest BCUT2D eigenvalue weighted by Crippen LogP contribution is 2.37. The van der Waals surface area contributed by atoms with E-state index in [1.54, 1.807) is 0 Å². The van der Waals surface area contributed by atoms with Gasteiger partial charge in [0, 0.05) is 5.41 Å². The Bertz CT molecular complexity index is 474. The predicted molar refractivity (Wildman–Crippen MR) is 59.1 cm³/mol. The van der Waals surface area contributed by atoms with Crippen molar-refractivity contribution >= 4 is 5.97 Å². The molecule has 1 unspecified atom stereocenters. The maximum atomic E-state index is 13.2. The molecule has 98 valence electrons. The predicted octanol–water partition coefficient (Wildman–Crippen LogP) is 1.03. The van der Waals surface area contributed by atoms with Crippen LogP contribution in [0.25, 0.3) is 0 Å². The number of aliphatic carboxylic acids is 1. The Balaban J connectivity index is 2.26. The van der Waals surface area contributed by atoms with Crippen LogP contribution >= 0.6 is 0 Å². The summed E-state index contributed by atoms with van der Waals surface area (Å²) in [6, 6.07) is 2.49. The van der Waals surface area contributed by atoms with Crippen LogP contribution in [0.2, 0.25) is 0 Å². The molecule has 0 amide bonds. The molecule has 0 saturated carbocycles. The van der Waals surface area contributed by atoms with Gasteiger partial charge in [0.05, 0.1) is 13.2 Å². The molecule has 1 aliphatic heterocycles. The van der Waals surface area contributed by atoms with E-state index in [-0.39, 0.29) is 19.6 Å². The van der Waals surface area contributed by atoms with E-state index in [0.29, 0.717) is 5.56 Å². The molecule has 1 aromatic carbocycles. The molecule has 4 nitrogen and oxygen atoms in total. The first-order valence-electron chi connectivity index (χ1n) is 5.46. The fourth-order valence-corrected chi connectivity index (χ4v) is 2.09. The molecule has 0 aromatic heterocycles. The van der Waals surface area contributed by atoms with Gasteiger partial charge in [-0.05, 0) is 24.1 Å². The van der Waals surface area contributed by atoms with E-state index in [4.69, 9.17) is 15.6 Å². The van der Waals surface area contributed by atoms with Crippen LogP contribution in [0.3, 0.4) is 0 Å². The van der Waals surface area contributed by atoms with Gasteiger partial charge in [0.15, 0.2) is 11.6 Å². The number of carboxylic acid groups (broad SMARTS) is 1. The summed E-state index contributed by atoms with van der Waals surface area (Å²) in [5.41, 5.74) is 5.38. The van der Waals surface area contributed by atoms with Gasteiger partial charge in [0.25, 0.3) is 0 Å². The number of ether oxygens (including phenoxy) is 1. The number of carboxylic acids is 1. The molecule has 1 aliphatic rings. The van der Waals surface area contributed by atoms with E-state index < -0.39 is 29.1 Å². The topological polar surface area (TPSA) is 72.5 Å². The second kappa shape index (κ2) is 4.62. The third-order valence-corrected chi connectivity index (χ3v) is 3.22. The molecule has 18 heavy (non-hydrogen) atoms. The fraction of sp³-hybridized carbons (Fsp3) is 0.417. The van der Waals surface area contributed by atoms with Crippen LogP contribution in [0.15, 0.2) is 18.2 Å². The lowest BCUT2D eigenvalue weighted by atomic mass is 9.74. The van der Waals surface area contributed by atoms with Crippen LogP contribution in [-0.4, -0.2) is 30.3 Å². The van der Waals surface area contributed by atoms with Gasteiger partial charge in [-0.3, -0.25) is 4.79 Å². The lowest BCUT2D eigenvalue weighted by Crippen LogP contribution is -2.51. The molecule has 0 bridgehead atoms. The number of hydrogen-bond donors (Lipinski definition) is 2. The van der Waals surface area contributed by atoms with Crippen molar-refractivity contribution in [2.24, 2.45) is 5.73 Å². The zero-order valence-electron chi connectivity index (χ0n) is 9.53. The summed E-state index contributed by atoms with van der Waals surface area (Å²) in [5.74, 6) is -3.01. The molecule has 0 aliphatic carbocycles. The van der Waals surface area contributed by atoms with E-state index >= 15 is 0 Å². The summed E-state index contributed by atoms with van der Waals surface area (Å²) in [6.45, 7) is 0.526. The molecule has 6 heteroatoms. The Kier molecular flexibility index (Phi) is 3.32. The first kappa shape index (κ1) is 12.9. The lowest BCUT2D eigenvalue weighted by Gasteiger charge is -2.43. The molecule has 1 aromatic rings. The summed E-state index contributed by atoms with van der Waals surface area (Å²) >= 11 is 0. The molecule has 0 spiro atoms. The number of benzene rings is 1. The zero-order valence-corrected chi connectivity index (χ0v) is 9.53. The number of rotatable bonds is 4. The average molecular weight is 257 g/mol. The van der Waals surface area contributed by atoms with Crippen molar-refractivity contribution in [3.8, 4) is 0 Å².